The number of carbonyl (C=O) groups excluding carboxylic acids is 1. The number of aromatic nitrogens is 3. The number of methoxy groups -OCH3 is 2. The van der Waals surface area contributed by atoms with Gasteiger partial charge in [-0.15, -0.1) is 0 Å². The third-order valence-electron chi connectivity index (χ3n) is 6.42. The van der Waals surface area contributed by atoms with Crippen LogP contribution in [0.5, 0.6) is 5.75 Å². The molecule has 3 heterocycles. The minimum absolute atomic E-state index is 0.00633. The van der Waals surface area contributed by atoms with Crippen molar-refractivity contribution in [2.75, 3.05) is 58.9 Å². The van der Waals surface area contributed by atoms with Gasteiger partial charge in [-0.1, -0.05) is 18.2 Å². The lowest BCUT2D eigenvalue weighted by molar-refractivity contribution is 0.0594. The fourth-order valence-corrected chi connectivity index (χ4v) is 4.41. The number of nitrogens with zero attached hydrogens (tertiary/aromatic N) is 4. The molecule has 0 atom stereocenters. The lowest BCUT2D eigenvalue weighted by atomic mass is 10.1. The second kappa shape index (κ2) is 10.8. The van der Waals surface area contributed by atoms with Crippen LogP contribution in [0.1, 0.15) is 10.4 Å². The van der Waals surface area contributed by atoms with Crippen molar-refractivity contribution in [2.45, 2.75) is 0 Å². The number of benzene rings is 2. The zero-order valence-electron chi connectivity index (χ0n) is 20.5. The van der Waals surface area contributed by atoms with Gasteiger partial charge in [-0.25, -0.2) is 4.98 Å². The molecule has 0 saturated carbocycles. The first-order chi connectivity index (χ1) is 17.6. The summed E-state index contributed by atoms with van der Waals surface area (Å²) >= 11 is 0. The van der Waals surface area contributed by atoms with Crippen LogP contribution in [0.3, 0.4) is 0 Å². The molecule has 1 amide bonds. The van der Waals surface area contributed by atoms with Crippen LogP contribution in [-0.2, 0) is 4.74 Å². The third-order valence-corrected chi connectivity index (χ3v) is 6.42. The number of fused-ring (bicyclic) bond motifs is 1. The molecular weight excluding hydrogens is 456 g/mol. The topological polar surface area (TPSA) is 95.6 Å². The normalized spacial score (nSPS) is 14.2. The zero-order chi connectivity index (χ0) is 24.9. The van der Waals surface area contributed by atoms with Crippen LogP contribution in [-0.4, -0.2) is 84.2 Å². The predicted molar refractivity (Wildman–Crippen MR) is 140 cm³/mol. The molecular formula is C27H30N6O3. The molecule has 1 aliphatic heterocycles. The first kappa shape index (κ1) is 23.8. The average Bonchev–Trinajstić information content (AvgIpc) is 3.37. The highest BCUT2D eigenvalue weighted by Gasteiger charge is 2.23. The smallest absolute Gasteiger partial charge is 0.254 e. The number of para-hydroxylation sites is 1. The summed E-state index contributed by atoms with van der Waals surface area (Å²) in [7, 11) is 3.30. The van der Waals surface area contributed by atoms with Crippen LogP contribution in [0.25, 0.3) is 22.3 Å². The first-order valence-electron chi connectivity index (χ1n) is 12.0. The van der Waals surface area contributed by atoms with E-state index in [1.807, 2.05) is 35.2 Å². The van der Waals surface area contributed by atoms with E-state index < -0.39 is 0 Å². The van der Waals surface area contributed by atoms with Gasteiger partial charge in [-0.3, -0.25) is 14.7 Å². The molecule has 2 aromatic heterocycles. The number of aromatic amines is 1. The lowest BCUT2D eigenvalue weighted by Crippen LogP contribution is -2.49. The van der Waals surface area contributed by atoms with Crippen molar-refractivity contribution in [3.63, 3.8) is 0 Å². The monoisotopic (exact) mass is 486 g/mol. The van der Waals surface area contributed by atoms with Gasteiger partial charge in [0.15, 0.2) is 0 Å². The minimum Gasteiger partial charge on any atom is -0.495 e. The second-order valence-electron chi connectivity index (χ2n) is 8.73. The fraction of sp³-hybridized carbons (Fsp3) is 0.296. The summed E-state index contributed by atoms with van der Waals surface area (Å²) in [6.45, 7) is 4.67. The summed E-state index contributed by atoms with van der Waals surface area (Å²) in [4.78, 5) is 29.8. The van der Waals surface area contributed by atoms with Gasteiger partial charge in [0, 0.05) is 56.3 Å². The molecule has 4 aromatic rings. The van der Waals surface area contributed by atoms with Crippen molar-refractivity contribution in [2.24, 2.45) is 0 Å². The molecule has 0 spiro atoms. The van der Waals surface area contributed by atoms with Crippen molar-refractivity contribution in [1.29, 1.82) is 0 Å². The Kier molecular flexibility index (Phi) is 7.11. The molecule has 0 radical (unpaired) electrons. The van der Waals surface area contributed by atoms with Crippen molar-refractivity contribution in [1.82, 2.24) is 24.8 Å². The van der Waals surface area contributed by atoms with Crippen molar-refractivity contribution in [3.8, 4) is 17.1 Å². The summed E-state index contributed by atoms with van der Waals surface area (Å²) in [5.41, 5.74) is 3.97. The molecule has 1 fully saturated rings. The van der Waals surface area contributed by atoms with Crippen LogP contribution >= 0.6 is 0 Å². The molecule has 1 aliphatic rings. The first-order valence-corrected chi connectivity index (χ1v) is 12.0. The molecule has 0 aliphatic carbocycles. The summed E-state index contributed by atoms with van der Waals surface area (Å²) in [5, 5.41) is 4.40. The van der Waals surface area contributed by atoms with Crippen LogP contribution in [0.4, 0.5) is 11.5 Å². The maximum absolute atomic E-state index is 13.1. The molecule has 9 nitrogen and oxygen atoms in total. The van der Waals surface area contributed by atoms with E-state index in [2.05, 4.69) is 32.3 Å². The quantitative estimate of drug-likeness (QED) is 0.391. The number of amides is 1. The summed E-state index contributed by atoms with van der Waals surface area (Å²) in [5.74, 6) is 1.15. The fourth-order valence-electron chi connectivity index (χ4n) is 4.41. The summed E-state index contributed by atoms with van der Waals surface area (Å²) < 4.78 is 10.8. The summed E-state index contributed by atoms with van der Waals surface area (Å²) in [6.07, 6.45) is 3.39. The molecule has 36 heavy (non-hydrogen) atoms. The number of rotatable bonds is 8. The second-order valence-corrected chi connectivity index (χ2v) is 8.73. The Hall–Kier alpha value is -3.95. The number of carbonyl (C=O) groups is 1. The van der Waals surface area contributed by atoms with Gasteiger partial charge >= 0.3 is 0 Å². The van der Waals surface area contributed by atoms with Gasteiger partial charge in [0.2, 0.25) is 0 Å². The highest BCUT2D eigenvalue weighted by atomic mass is 16.5. The number of anilines is 2. The van der Waals surface area contributed by atoms with E-state index in [1.54, 1.807) is 32.7 Å². The SMILES string of the molecule is COCCN1CCN(C(=O)c2ccc(Nc3cncc(-c4cc5ccccc5[nH]4)n3)c(OC)c2)CC1. The lowest BCUT2D eigenvalue weighted by Gasteiger charge is -2.34. The molecule has 186 valence electrons. The van der Waals surface area contributed by atoms with Crippen LogP contribution < -0.4 is 10.1 Å². The van der Waals surface area contributed by atoms with Crippen molar-refractivity contribution in [3.05, 3.63) is 66.5 Å². The van der Waals surface area contributed by atoms with E-state index >= 15 is 0 Å². The van der Waals surface area contributed by atoms with E-state index in [0.29, 0.717) is 42.5 Å². The Morgan fingerprint density at radius 2 is 1.89 bits per heavy atom. The Morgan fingerprint density at radius 3 is 2.67 bits per heavy atom. The van der Waals surface area contributed by atoms with Gasteiger partial charge in [-0.05, 0) is 30.3 Å². The van der Waals surface area contributed by atoms with Gasteiger partial charge in [0.1, 0.15) is 17.3 Å². The molecule has 2 N–H and O–H groups in total. The van der Waals surface area contributed by atoms with Gasteiger partial charge in [0.25, 0.3) is 5.91 Å². The number of H-pyrrole nitrogens is 1. The maximum atomic E-state index is 13.1. The van der Waals surface area contributed by atoms with Crippen LogP contribution in [0.15, 0.2) is 60.9 Å². The molecule has 1 saturated heterocycles. The number of piperazine rings is 1. The van der Waals surface area contributed by atoms with Crippen LogP contribution in [0.2, 0.25) is 0 Å². The summed E-state index contributed by atoms with van der Waals surface area (Å²) in [6, 6.07) is 15.6. The van der Waals surface area contributed by atoms with E-state index in [9.17, 15) is 4.79 Å². The van der Waals surface area contributed by atoms with Gasteiger partial charge < -0.3 is 24.7 Å². The van der Waals surface area contributed by atoms with Gasteiger partial charge in [-0.2, -0.15) is 0 Å². The number of nitrogens with one attached hydrogen (secondary N) is 2. The standard InChI is InChI=1S/C27H30N6O3/c1-35-14-13-32-9-11-33(12-10-32)27(34)20-7-8-22(25(16-20)36-2)30-26-18-28-17-24(31-26)23-15-19-5-3-4-6-21(19)29-23/h3-8,15-18,29H,9-14H2,1-2H3,(H,30,31). The molecule has 9 heteroatoms. The maximum Gasteiger partial charge on any atom is 0.254 e. The number of hydrogen-bond donors (Lipinski definition) is 2. The van der Waals surface area contributed by atoms with E-state index in [0.717, 1.165) is 41.9 Å². The van der Waals surface area contributed by atoms with E-state index in [-0.39, 0.29) is 5.91 Å². The third kappa shape index (κ3) is 5.17. The molecule has 0 unspecified atom stereocenters. The average molecular weight is 487 g/mol. The molecule has 5 rings (SSSR count). The zero-order valence-corrected chi connectivity index (χ0v) is 20.5. The van der Waals surface area contributed by atoms with Crippen LogP contribution in [0, 0.1) is 0 Å². The molecule has 0 bridgehead atoms. The Bertz CT molecular complexity index is 1310. The van der Waals surface area contributed by atoms with Crippen molar-refractivity contribution < 1.29 is 14.3 Å². The minimum atomic E-state index is 0.00633. The Labute approximate surface area is 210 Å². The Balaban J connectivity index is 1.29. The van der Waals surface area contributed by atoms with E-state index in [1.165, 1.54) is 0 Å². The highest BCUT2D eigenvalue weighted by molar-refractivity contribution is 5.95. The molecule has 2 aromatic carbocycles. The predicted octanol–water partition coefficient (Wildman–Crippen LogP) is 3.78. The number of ether oxygens (including phenoxy) is 2. The number of hydrogen-bond acceptors (Lipinski definition) is 7. The van der Waals surface area contributed by atoms with Crippen molar-refractivity contribution >= 4 is 28.3 Å². The largest absolute Gasteiger partial charge is 0.495 e. The Morgan fingerprint density at radius 1 is 1.06 bits per heavy atom. The highest BCUT2D eigenvalue weighted by Crippen LogP contribution is 2.30. The van der Waals surface area contributed by atoms with Gasteiger partial charge in [0.05, 0.1) is 37.5 Å². The van der Waals surface area contributed by atoms with E-state index in [4.69, 9.17) is 14.5 Å².